The standard InChI is InChI=1S/C25H24N4O4/c1-32-21-12-11-17(15-22(21)33-16-23(26)30)27-25(31)14-13-24-28-19-9-5-6-10-20(19)29(24)18-7-3-2-4-8-18/h2-12,15H,13-14,16H2,1H3,(H2,26,30)(H,27,31). The number of rotatable bonds is 9. The summed E-state index contributed by atoms with van der Waals surface area (Å²) in [6, 6.07) is 22.8. The Morgan fingerprint density at radius 3 is 2.52 bits per heavy atom. The number of carbonyl (C=O) groups is 2. The van der Waals surface area contributed by atoms with Crippen molar-refractivity contribution in [1.82, 2.24) is 9.55 Å². The van der Waals surface area contributed by atoms with Gasteiger partial charge < -0.3 is 20.5 Å². The Labute approximate surface area is 190 Å². The van der Waals surface area contributed by atoms with Crippen molar-refractivity contribution in [2.75, 3.05) is 19.0 Å². The van der Waals surface area contributed by atoms with E-state index in [1.807, 2.05) is 54.6 Å². The molecule has 0 aliphatic rings. The number of fused-ring (bicyclic) bond motifs is 1. The number of nitrogens with zero attached hydrogens (tertiary/aromatic N) is 2. The second-order valence-electron chi connectivity index (χ2n) is 7.36. The zero-order valence-corrected chi connectivity index (χ0v) is 18.2. The van der Waals surface area contributed by atoms with Gasteiger partial charge in [-0.15, -0.1) is 0 Å². The van der Waals surface area contributed by atoms with Crippen LogP contribution in [0.5, 0.6) is 11.5 Å². The molecule has 0 spiro atoms. The number of benzene rings is 3. The van der Waals surface area contributed by atoms with E-state index in [1.165, 1.54) is 7.11 Å². The molecular weight excluding hydrogens is 420 g/mol. The number of hydrogen-bond donors (Lipinski definition) is 2. The minimum atomic E-state index is -0.604. The lowest BCUT2D eigenvalue weighted by molar-refractivity contribution is -0.120. The average molecular weight is 444 g/mol. The summed E-state index contributed by atoms with van der Waals surface area (Å²) >= 11 is 0. The van der Waals surface area contributed by atoms with Crippen LogP contribution in [-0.2, 0) is 16.0 Å². The van der Waals surface area contributed by atoms with E-state index in [4.69, 9.17) is 20.2 Å². The topological polar surface area (TPSA) is 108 Å². The molecule has 0 atom stereocenters. The minimum absolute atomic E-state index is 0.173. The number of aromatic nitrogens is 2. The largest absolute Gasteiger partial charge is 0.493 e. The Hall–Kier alpha value is -4.33. The lowest BCUT2D eigenvalue weighted by Crippen LogP contribution is -2.20. The van der Waals surface area contributed by atoms with Gasteiger partial charge in [-0.3, -0.25) is 14.2 Å². The molecule has 8 heteroatoms. The first kappa shape index (κ1) is 21.9. The van der Waals surface area contributed by atoms with Gasteiger partial charge in [0.15, 0.2) is 18.1 Å². The molecule has 2 amide bonds. The highest BCUT2D eigenvalue weighted by molar-refractivity contribution is 5.91. The van der Waals surface area contributed by atoms with Crippen LogP contribution in [-0.4, -0.2) is 35.1 Å². The quantitative estimate of drug-likeness (QED) is 0.411. The Morgan fingerprint density at radius 2 is 1.76 bits per heavy atom. The number of ether oxygens (including phenoxy) is 2. The zero-order chi connectivity index (χ0) is 23.2. The van der Waals surface area contributed by atoms with Gasteiger partial charge in [0, 0.05) is 30.3 Å². The van der Waals surface area contributed by atoms with Gasteiger partial charge in [-0.05, 0) is 36.4 Å². The Bertz CT molecular complexity index is 1280. The lowest BCUT2D eigenvalue weighted by atomic mass is 10.2. The SMILES string of the molecule is COc1ccc(NC(=O)CCc2nc3ccccc3n2-c2ccccc2)cc1OCC(N)=O. The number of amides is 2. The number of primary amides is 1. The van der Waals surface area contributed by atoms with Gasteiger partial charge in [0.25, 0.3) is 5.91 Å². The summed E-state index contributed by atoms with van der Waals surface area (Å²) in [5, 5.41) is 2.86. The molecule has 0 saturated heterocycles. The normalized spacial score (nSPS) is 10.7. The van der Waals surface area contributed by atoms with Gasteiger partial charge in [0.2, 0.25) is 5.91 Å². The maximum absolute atomic E-state index is 12.7. The van der Waals surface area contributed by atoms with E-state index in [1.54, 1.807) is 18.2 Å². The number of imidazole rings is 1. The van der Waals surface area contributed by atoms with Gasteiger partial charge in [-0.1, -0.05) is 30.3 Å². The number of carbonyl (C=O) groups excluding carboxylic acids is 2. The van der Waals surface area contributed by atoms with Crippen LogP contribution in [0.1, 0.15) is 12.2 Å². The van der Waals surface area contributed by atoms with Crippen molar-refractivity contribution in [1.29, 1.82) is 0 Å². The van der Waals surface area contributed by atoms with E-state index >= 15 is 0 Å². The molecule has 0 bridgehead atoms. The summed E-state index contributed by atoms with van der Waals surface area (Å²) in [4.78, 5) is 28.5. The first-order chi connectivity index (χ1) is 16.0. The van der Waals surface area contributed by atoms with Crippen molar-refractivity contribution in [2.45, 2.75) is 12.8 Å². The third-order valence-electron chi connectivity index (χ3n) is 5.04. The summed E-state index contributed by atoms with van der Waals surface area (Å²) in [5.74, 6) is 0.782. The second-order valence-corrected chi connectivity index (χ2v) is 7.36. The van der Waals surface area contributed by atoms with Gasteiger partial charge in [-0.2, -0.15) is 0 Å². The fraction of sp³-hybridized carbons (Fsp3) is 0.160. The fourth-order valence-electron chi connectivity index (χ4n) is 3.57. The molecule has 0 fully saturated rings. The summed E-state index contributed by atoms with van der Waals surface area (Å²) in [5.41, 5.74) is 8.53. The molecule has 4 rings (SSSR count). The third kappa shape index (κ3) is 5.12. The molecule has 0 aliphatic heterocycles. The monoisotopic (exact) mass is 444 g/mol. The summed E-state index contributed by atoms with van der Waals surface area (Å²) in [7, 11) is 1.49. The molecule has 0 radical (unpaired) electrons. The number of hydrogen-bond acceptors (Lipinski definition) is 5. The highest BCUT2D eigenvalue weighted by atomic mass is 16.5. The maximum atomic E-state index is 12.7. The number of methoxy groups -OCH3 is 1. The highest BCUT2D eigenvalue weighted by Crippen LogP contribution is 2.30. The molecule has 1 aromatic heterocycles. The summed E-state index contributed by atoms with van der Waals surface area (Å²) < 4.78 is 12.7. The minimum Gasteiger partial charge on any atom is -0.493 e. The predicted molar refractivity (Wildman–Crippen MR) is 126 cm³/mol. The molecule has 168 valence electrons. The first-order valence-electron chi connectivity index (χ1n) is 10.5. The smallest absolute Gasteiger partial charge is 0.255 e. The second kappa shape index (κ2) is 9.86. The van der Waals surface area contributed by atoms with Crippen LogP contribution in [0.3, 0.4) is 0 Å². The van der Waals surface area contributed by atoms with Crippen molar-refractivity contribution in [3.05, 3.63) is 78.6 Å². The molecule has 33 heavy (non-hydrogen) atoms. The van der Waals surface area contributed by atoms with E-state index < -0.39 is 5.91 Å². The molecule has 3 N–H and O–H groups in total. The Kier molecular flexibility index (Phi) is 6.54. The van der Waals surface area contributed by atoms with Gasteiger partial charge in [-0.25, -0.2) is 4.98 Å². The van der Waals surface area contributed by atoms with Gasteiger partial charge in [0.05, 0.1) is 18.1 Å². The van der Waals surface area contributed by atoms with E-state index in [0.29, 0.717) is 23.6 Å². The molecule has 0 saturated carbocycles. The van der Waals surface area contributed by atoms with Crippen LogP contribution in [0.2, 0.25) is 0 Å². The maximum Gasteiger partial charge on any atom is 0.255 e. The van der Waals surface area contributed by atoms with Crippen molar-refractivity contribution in [2.24, 2.45) is 5.73 Å². The number of anilines is 1. The molecular formula is C25H24N4O4. The van der Waals surface area contributed by atoms with E-state index in [9.17, 15) is 9.59 Å². The van der Waals surface area contributed by atoms with E-state index in [0.717, 1.165) is 22.5 Å². The fourth-order valence-corrected chi connectivity index (χ4v) is 3.57. The van der Waals surface area contributed by atoms with Crippen LogP contribution in [0, 0.1) is 0 Å². The highest BCUT2D eigenvalue weighted by Gasteiger charge is 2.14. The van der Waals surface area contributed by atoms with Crippen LogP contribution in [0.15, 0.2) is 72.8 Å². The predicted octanol–water partition coefficient (Wildman–Crippen LogP) is 3.47. The third-order valence-corrected chi connectivity index (χ3v) is 5.04. The summed E-state index contributed by atoms with van der Waals surface area (Å²) in [6.45, 7) is -0.288. The number of nitrogens with one attached hydrogen (secondary N) is 1. The van der Waals surface area contributed by atoms with Crippen LogP contribution < -0.4 is 20.5 Å². The van der Waals surface area contributed by atoms with Crippen LogP contribution >= 0.6 is 0 Å². The number of para-hydroxylation sites is 3. The average Bonchev–Trinajstić information content (AvgIpc) is 3.20. The zero-order valence-electron chi connectivity index (χ0n) is 18.2. The first-order valence-corrected chi connectivity index (χ1v) is 10.5. The van der Waals surface area contributed by atoms with E-state index in [-0.39, 0.29) is 18.9 Å². The summed E-state index contributed by atoms with van der Waals surface area (Å²) in [6.07, 6.45) is 0.691. The molecule has 3 aromatic carbocycles. The number of nitrogens with two attached hydrogens (primary N) is 1. The molecule has 0 unspecified atom stereocenters. The molecule has 8 nitrogen and oxygen atoms in total. The molecule has 0 aliphatic carbocycles. The molecule has 4 aromatic rings. The molecule has 1 heterocycles. The van der Waals surface area contributed by atoms with E-state index in [2.05, 4.69) is 9.88 Å². The van der Waals surface area contributed by atoms with Crippen molar-refractivity contribution >= 4 is 28.5 Å². The number of aryl methyl sites for hydroxylation is 1. The van der Waals surface area contributed by atoms with Gasteiger partial charge >= 0.3 is 0 Å². The van der Waals surface area contributed by atoms with Crippen molar-refractivity contribution in [3.8, 4) is 17.2 Å². The van der Waals surface area contributed by atoms with Crippen LogP contribution in [0.25, 0.3) is 16.7 Å². The lowest BCUT2D eigenvalue weighted by Gasteiger charge is -2.12. The van der Waals surface area contributed by atoms with Gasteiger partial charge in [0.1, 0.15) is 5.82 Å². The van der Waals surface area contributed by atoms with Crippen molar-refractivity contribution in [3.63, 3.8) is 0 Å². The van der Waals surface area contributed by atoms with Crippen molar-refractivity contribution < 1.29 is 19.1 Å². The van der Waals surface area contributed by atoms with Crippen LogP contribution in [0.4, 0.5) is 5.69 Å². The Balaban J connectivity index is 1.50. The Morgan fingerprint density at radius 1 is 1.00 bits per heavy atom.